The van der Waals surface area contributed by atoms with E-state index in [4.69, 9.17) is 5.73 Å². The van der Waals surface area contributed by atoms with Crippen molar-refractivity contribution < 1.29 is 9.59 Å². The van der Waals surface area contributed by atoms with Gasteiger partial charge in [-0.15, -0.1) is 0 Å². The quantitative estimate of drug-likeness (QED) is 0.642. The van der Waals surface area contributed by atoms with E-state index in [0.29, 0.717) is 12.5 Å². The average Bonchev–Trinajstić information content (AvgIpc) is 3.09. The van der Waals surface area contributed by atoms with Crippen molar-refractivity contribution in [2.45, 2.75) is 52.1 Å². The summed E-state index contributed by atoms with van der Waals surface area (Å²) < 4.78 is 0. The maximum Gasteiger partial charge on any atom is 0.242 e. The van der Waals surface area contributed by atoms with Crippen LogP contribution in [0.3, 0.4) is 0 Å². The fraction of sp³-hybridized carbons (Fsp3) is 0.846. The summed E-state index contributed by atoms with van der Waals surface area (Å²) in [5.41, 5.74) is 5.14. The van der Waals surface area contributed by atoms with Crippen LogP contribution in [0.4, 0.5) is 0 Å². The van der Waals surface area contributed by atoms with Crippen LogP contribution in [-0.4, -0.2) is 29.9 Å². The molecule has 1 aliphatic carbocycles. The fourth-order valence-corrected chi connectivity index (χ4v) is 1.74. The highest BCUT2D eigenvalue weighted by molar-refractivity contribution is 5.91. The van der Waals surface area contributed by atoms with Crippen molar-refractivity contribution in [1.82, 2.24) is 10.6 Å². The first-order chi connectivity index (χ1) is 8.25. The molecule has 0 aromatic heterocycles. The molecule has 5 heteroatoms. The zero-order valence-electron chi connectivity index (χ0n) is 11.7. The molecule has 0 bridgehead atoms. The van der Waals surface area contributed by atoms with Crippen LogP contribution in [0, 0.1) is 11.8 Å². The smallest absolute Gasteiger partial charge is 0.242 e. The minimum absolute atomic E-state index is 0.163. The van der Waals surface area contributed by atoms with E-state index in [1.807, 2.05) is 13.8 Å². The second-order valence-electron chi connectivity index (χ2n) is 5.89. The van der Waals surface area contributed by atoms with Gasteiger partial charge in [-0.25, -0.2) is 0 Å². The Hall–Kier alpha value is -1.10. The molecule has 0 radical (unpaired) electrons. The summed E-state index contributed by atoms with van der Waals surface area (Å²) in [5.74, 6) is 0.243. The fourth-order valence-electron chi connectivity index (χ4n) is 1.74. The predicted octanol–water partition coefficient (Wildman–Crippen LogP) is 0.391. The van der Waals surface area contributed by atoms with E-state index < -0.39 is 11.6 Å². The van der Waals surface area contributed by atoms with Crippen molar-refractivity contribution in [2.75, 3.05) is 6.54 Å². The number of carbonyl (C=O) groups excluding carboxylic acids is 2. The molecule has 0 spiro atoms. The van der Waals surface area contributed by atoms with Gasteiger partial charge in [-0.3, -0.25) is 9.59 Å². The van der Waals surface area contributed by atoms with Crippen molar-refractivity contribution in [1.29, 1.82) is 0 Å². The Morgan fingerprint density at radius 1 is 1.33 bits per heavy atom. The molecule has 18 heavy (non-hydrogen) atoms. The van der Waals surface area contributed by atoms with Gasteiger partial charge in [0.2, 0.25) is 11.8 Å². The highest BCUT2D eigenvalue weighted by Crippen LogP contribution is 2.38. The zero-order valence-corrected chi connectivity index (χ0v) is 11.7. The molecular formula is C13H25N3O2. The highest BCUT2D eigenvalue weighted by atomic mass is 16.2. The molecule has 2 atom stereocenters. The third-order valence-electron chi connectivity index (χ3n) is 3.34. The van der Waals surface area contributed by atoms with Crippen molar-refractivity contribution >= 4 is 11.8 Å². The van der Waals surface area contributed by atoms with Gasteiger partial charge in [0.05, 0.1) is 5.54 Å². The SMILES string of the molecule is CC(C)CNC(=O)C(C)NC(=O)C(C)(N)C1CC1. The summed E-state index contributed by atoms with van der Waals surface area (Å²) in [4.78, 5) is 23.7. The van der Waals surface area contributed by atoms with Crippen LogP contribution in [0.5, 0.6) is 0 Å². The number of hydrogen-bond acceptors (Lipinski definition) is 3. The zero-order chi connectivity index (χ0) is 13.9. The van der Waals surface area contributed by atoms with Crippen LogP contribution in [0.2, 0.25) is 0 Å². The van der Waals surface area contributed by atoms with Crippen molar-refractivity contribution in [3.63, 3.8) is 0 Å². The standard InChI is InChI=1S/C13H25N3O2/c1-8(2)7-15-11(17)9(3)16-12(18)13(4,14)10-5-6-10/h8-10H,5-7,14H2,1-4H3,(H,15,17)(H,16,18). The molecule has 104 valence electrons. The van der Waals surface area contributed by atoms with E-state index in [1.165, 1.54) is 0 Å². The van der Waals surface area contributed by atoms with E-state index in [1.54, 1.807) is 13.8 Å². The van der Waals surface area contributed by atoms with Crippen molar-refractivity contribution in [3.05, 3.63) is 0 Å². The summed E-state index contributed by atoms with van der Waals surface area (Å²) in [6.07, 6.45) is 1.99. The Balaban J connectivity index is 2.41. The molecule has 1 rings (SSSR count). The van der Waals surface area contributed by atoms with Gasteiger partial charge in [-0.1, -0.05) is 13.8 Å². The number of rotatable bonds is 6. The molecule has 1 fully saturated rings. The second kappa shape index (κ2) is 5.69. The maximum absolute atomic E-state index is 12.0. The first-order valence-electron chi connectivity index (χ1n) is 6.62. The van der Waals surface area contributed by atoms with Gasteiger partial charge < -0.3 is 16.4 Å². The largest absolute Gasteiger partial charge is 0.354 e. The van der Waals surface area contributed by atoms with Gasteiger partial charge in [0, 0.05) is 6.54 Å². The molecule has 0 saturated heterocycles. The van der Waals surface area contributed by atoms with Gasteiger partial charge in [0.15, 0.2) is 0 Å². The number of amides is 2. The van der Waals surface area contributed by atoms with Crippen LogP contribution >= 0.6 is 0 Å². The first kappa shape index (κ1) is 15.0. The highest BCUT2D eigenvalue weighted by Gasteiger charge is 2.44. The van der Waals surface area contributed by atoms with Gasteiger partial charge in [-0.2, -0.15) is 0 Å². The molecule has 0 aromatic rings. The third kappa shape index (κ3) is 3.98. The second-order valence-corrected chi connectivity index (χ2v) is 5.89. The Morgan fingerprint density at radius 3 is 2.33 bits per heavy atom. The van der Waals surface area contributed by atoms with E-state index in [0.717, 1.165) is 12.8 Å². The Morgan fingerprint density at radius 2 is 1.89 bits per heavy atom. The van der Waals surface area contributed by atoms with Gasteiger partial charge >= 0.3 is 0 Å². The first-order valence-corrected chi connectivity index (χ1v) is 6.62. The summed E-state index contributed by atoms with van der Waals surface area (Å²) in [6, 6.07) is -0.544. The summed E-state index contributed by atoms with van der Waals surface area (Å²) in [5, 5.41) is 5.48. The third-order valence-corrected chi connectivity index (χ3v) is 3.34. The van der Waals surface area contributed by atoms with E-state index in [-0.39, 0.29) is 17.7 Å². The number of hydrogen-bond donors (Lipinski definition) is 3. The van der Waals surface area contributed by atoms with Crippen LogP contribution in [0.25, 0.3) is 0 Å². The van der Waals surface area contributed by atoms with E-state index in [2.05, 4.69) is 10.6 Å². The monoisotopic (exact) mass is 255 g/mol. The lowest BCUT2D eigenvalue weighted by Gasteiger charge is -2.25. The Bertz CT molecular complexity index is 322. The van der Waals surface area contributed by atoms with Crippen LogP contribution in [-0.2, 0) is 9.59 Å². The number of nitrogens with one attached hydrogen (secondary N) is 2. The van der Waals surface area contributed by atoms with Gasteiger partial charge in [0.25, 0.3) is 0 Å². The van der Waals surface area contributed by atoms with Crippen molar-refractivity contribution in [2.24, 2.45) is 17.6 Å². The lowest BCUT2D eigenvalue weighted by molar-refractivity contribution is -0.131. The average molecular weight is 255 g/mol. The normalized spacial score (nSPS) is 20.1. The molecule has 0 heterocycles. The summed E-state index contributed by atoms with van der Waals surface area (Å²) in [6.45, 7) is 8.07. The lowest BCUT2D eigenvalue weighted by atomic mass is 9.96. The van der Waals surface area contributed by atoms with Gasteiger partial charge in [0.1, 0.15) is 6.04 Å². The minimum Gasteiger partial charge on any atom is -0.354 e. The Kier molecular flexibility index (Phi) is 4.73. The molecule has 0 aliphatic heterocycles. The number of nitrogens with two attached hydrogens (primary N) is 1. The molecule has 1 aliphatic rings. The lowest BCUT2D eigenvalue weighted by Crippen LogP contribution is -2.57. The maximum atomic E-state index is 12.0. The Labute approximate surface area is 109 Å². The topological polar surface area (TPSA) is 84.2 Å². The molecular weight excluding hydrogens is 230 g/mol. The molecule has 0 aromatic carbocycles. The summed E-state index contributed by atoms with van der Waals surface area (Å²) >= 11 is 0. The molecule has 2 amide bonds. The van der Waals surface area contributed by atoms with Crippen LogP contribution in [0.1, 0.15) is 40.5 Å². The molecule has 2 unspecified atom stereocenters. The minimum atomic E-state index is -0.855. The van der Waals surface area contributed by atoms with Crippen LogP contribution < -0.4 is 16.4 Å². The molecule has 1 saturated carbocycles. The van der Waals surface area contributed by atoms with E-state index in [9.17, 15) is 9.59 Å². The van der Waals surface area contributed by atoms with Gasteiger partial charge in [-0.05, 0) is 38.5 Å². The van der Waals surface area contributed by atoms with Crippen LogP contribution in [0.15, 0.2) is 0 Å². The van der Waals surface area contributed by atoms with E-state index >= 15 is 0 Å². The molecule has 4 N–H and O–H groups in total. The van der Waals surface area contributed by atoms with Crippen molar-refractivity contribution in [3.8, 4) is 0 Å². The molecule has 5 nitrogen and oxygen atoms in total. The predicted molar refractivity (Wildman–Crippen MR) is 70.8 cm³/mol. The number of carbonyl (C=O) groups is 2. The summed E-state index contributed by atoms with van der Waals surface area (Å²) in [7, 11) is 0.